The van der Waals surface area contributed by atoms with Crippen LogP contribution in [0.25, 0.3) is 0 Å². The van der Waals surface area contributed by atoms with Crippen molar-refractivity contribution in [1.29, 1.82) is 0 Å². The van der Waals surface area contributed by atoms with E-state index in [-0.39, 0.29) is 0 Å². The van der Waals surface area contributed by atoms with Crippen molar-refractivity contribution in [2.75, 3.05) is 5.73 Å². The van der Waals surface area contributed by atoms with Crippen LogP contribution in [-0.4, -0.2) is 9.97 Å². The Labute approximate surface area is 87.7 Å². The SMILES string of the molecule is Cc1ncncc1Oc1ccc(N)cc1. The van der Waals surface area contributed by atoms with Crippen LogP contribution in [0.2, 0.25) is 0 Å². The Morgan fingerprint density at radius 3 is 2.60 bits per heavy atom. The van der Waals surface area contributed by atoms with E-state index in [1.54, 1.807) is 18.3 Å². The molecule has 1 aromatic carbocycles. The van der Waals surface area contributed by atoms with E-state index in [2.05, 4.69) is 9.97 Å². The van der Waals surface area contributed by atoms with Crippen LogP contribution in [0.15, 0.2) is 36.8 Å². The Hall–Kier alpha value is -2.10. The summed E-state index contributed by atoms with van der Waals surface area (Å²) >= 11 is 0. The second-order valence-electron chi connectivity index (χ2n) is 3.14. The molecule has 0 spiro atoms. The van der Waals surface area contributed by atoms with Crippen LogP contribution in [0.4, 0.5) is 5.69 Å². The zero-order valence-electron chi connectivity index (χ0n) is 8.34. The van der Waals surface area contributed by atoms with Gasteiger partial charge < -0.3 is 10.5 Å². The van der Waals surface area contributed by atoms with Crippen LogP contribution >= 0.6 is 0 Å². The molecule has 0 fully saturated rings. The molecule has 2 N–H and O–H groups in total. The van der Waals surface area contributed by atoms with Gasteiger partial charge in [0.15, 0.2) is 5.75 Å². The van der Waals surface area contributed by atoms with Crippen molar-refractivity contribution < 1.29 is 4.74 Å². The molecule has 0 atom stereocenters. The number of nitrogen functional groups attached to an aromatic ring is 1. The number of nitrogens with two attached hydrogens (primary N) is 1. The highest BCUT2D eigenvalue weighted by atomic mass is 16.5. The maximum absolute atomic E-state index is 5.58. The van der Waals surface area contributed by atoms with Crippen LogP contribution in [-0.2, 0) is 0 Å². The Morgan fingerprint density at radius 2 is 1.93 bits per heavy atom. The van der Waals surface area contributed by atoms with Gasteiger partial charge in [0.2, 0.25) is 0 Å². The van der Waals surface area contributed by atoms with Gasteiger partial charge >= 0.3 is 0 Å². The molecular formula is C11H11N3O. The van der Waals surface area contributed by atoms with Crippen molar-refractivity contribution >= 4 is 5.69 Å². The molecule has 4 nitrogen and oxygen atoms in total. The topological polar surface area (TPSA) is 61.0 Å². The fourth-order valence-electron chi connectivity index (χ4n) is 1.14. The number of rotatable bonds is 2. The van der Waals surface area contributed by atoms with Crippen molar-refractivity contribution in [3.63, 3.8) is 0 Å². The lowest BCUT2D eigenvalue weighted by molar-refractivity contribution is 0.473. The number of nitrogens with zero attached hydrogens (tertiary/aromatic N) is 2. The fourth-order valence-corrected chi connectivity index (χ4v) is 1.14. The highest BCUT2D eigenvalue weighted by Gasteiger charge is 2.01. The van der Waals surface area contributed by atoms with E-state index < -0.39 is 0 Å². The highest BCUT2D eigenvalue weighted by Crippen LogP contribution is 2.22. The van der Waals surface area contributed by atoms with E-state index in [1.807, 2.05) is 19.1 Å². The summed E-state index contributed by atoms with van der Waals surface area (Å²) in [6.45, 7) is 1.87. The molecule has 1 heterocycles. The molecule has 0 aliphatic heterocycles. The molecule has 0 bridgehead atoms. The molecule has 0 amide bonds. The number of hydrogen-bond acceptors (Lipinski definition) is 4. The molecule has 2 rings (SSSR count). The molecule has 0 radical (unpaired) electrons. The van der Waals surface area contributed by atoms with Gasteiger partial charge in [-0.2, -0.15) is 0 Å². The Morgan fingerprint density at radius 1 is 1.20 bits per heavy atom. The van der Waals surface area contributed by atoms with Crippen LogP contribution in [0.5, 0.6) is 11.5 Å². The Balaban J connectivity index is 2.22. The summed E-state index contributed by atoms with van der Waals surface area (Å²) in [4.78, 5) is 7.93. The van der Waals surface area contributed by atoms with Gasteiger partial charge in [0.25, 0.3) is 0 Å². The molecule has 15 heavy (non-hydrogen) atoms. The molecular weight excluding hydrogens is 190 g/mol. The standard InChI is InChI=1S/C11H11N3O/c1-8-11(6-13-7-14-8)15-10-4-2-9(12)3-5-10/h2-7H,12H2,1H3. The zero-order valence-corrected chi connectivity index (χ0v) is 8.34. The first-order valence-electron chi connectivity index (χ1n) is 4.56. The van der Waals surface area contributed by atoms with Gasteiger partial charge in [0, 0.05) is 5.69 Å². The number of benzene rings is 1. The van der Waals surface area contributed by atoms with Crippen molar-refractivity contribution in [3.8, 4) is 11.5 Å². The third kappa shape index (κ3) is 2.22. The largest absolute Gasteiger partial charge is 0.454 e. The quantitative estimate of drug-likeness (QED) is 0.756. The molecule has 4 heteroatoms. The summed E-state index contributed by atoms with van der Waals surface area (Å²) in [6, 6.07) is 7.19. The number of hydrogen-bond donors (Lipinski definition) is 1. The molecule has 0 saturated carbocycles. The summed E-state index contributed by atoms with van der Waals surface area (Å²) in [5, 5.41) is 0. The minimum absolute atomic E-state index is 0.655. The van der Waals surface area contributed by atoms with Gasteiger partial charge in [-0.15, -0.1) is 0 Å². The third-order valence-electron chi connectivity index (χ3n) is 1.97. The smallest absolute Gasteiger partial charge is 0.166 e. The summed E-state index contributed by atoms with van der Waals surface area (Å²) in [7, 11) is 0. The fraction of sp³-hybridized carbons (Fsp3) is 0.0909. The monoisotopic (exact) mass is 201 g/mol. The lowest BCUT2D eigenvalue weighted by Crippen LogP contribution is -1.91. The maximum atomic E-state index is 5.58. The molecule has 0 aliphatic carbocycles. The van der Waals surface area contributed by atoms with Crippen LogP contribution in [0, 0.1) is 6.92 Å². The van der Waals surface area contributed by atoms with Crippen LogP contribution < -0.4 is 10.5 Å². The van der Waals surface area contributed by atoms with Crippen LogP contribution in [0.1, 0.15) is 5.69 Å². The van der Waals surface area contributed by atoms with Crippen molar-refractivity contribution in [1.82, 2.24) is 9.97 Å². The van der Waals surface area contributed by atoms with E-state index in [1.165, 1.54) is 6.33 Å². The average Bonchev–Trinajstić information content (AvgIpc) is 2.25. The average molecular weight is 201 g/mol. The molecule has 0 saturated heterocycles. The predicted molar refractivity (Wildman–Crippen MR) is 57.7 cm³/mol. The summed E-state index contributed by atoms with van der Waals surface area (Å²) < 4.78 is 5.58. The van der Waals surface area contributed by atoms with Crippen molar-refractivity contribution in [3.05, 3.63) is 42.5 Å². The molecule has 2 aromatic rings. The van der Waals surface area contributed by atoms with Gasteiger partial charge in [-0.05, 0) is 31.2 Å². The molecule has 1 aromatic heterocycles. The number of aryl methyl sites for hydroxylation is 1. The third-order valence-corrected chi connectivity index (χ3v) is 1.97. The molecule has 76 valence electrons. The number of ether oxygens (including phenoxy) is 1. The zero-order chi connectivity index (χ0) is 10.7. The van der Waals surface area contributed by atoms with Gasteiger partial charge in [0.1, 0.15) is 12.1 Å². The van der Waals surface area contributed by atoms with E-state index in [0.29, 0.717) is 11.4 Å². The first-order chi connectivity index (χ1) is 7.25. The number of aromatic nitrogens is 2. The maximum Gasteiger partial charge on any atom is 0.166 e. The van der Waals surface area contributed by atoms with E-state index in [9.17, 15) is 0 Å². The molecule has 0 aliphatic rings. The van der Waals surface area contributed by atoms with Gasteiger partial charge in [0.05, 0.1) is 11.9 Å². The summed E-state index contributed by atoms with van der Waals surface area (Å²) in [5.74, 6) is 1.38. The normalized spacial score (nSPS) is 9.93. The lowest BCUT2D eigenvalue weighted by Gasteiger charge is -2.06. The number of anilines is 1. The van der Waals surface area contributed by atoms with Crippen molar-refractivity contribution in [2.24, 2.45) is 0 Å². The van der Waals surface area contributed by atoms with Gasteiger partial charge in [-0.1, -0.05) is 0 Å². The van der Waals surface area contributed by atoms with Crippen molar-refractivity contribution in [2.45, 2.75) is 6.92 Å². The summed E-state index contributed by atoms with van der Waals surface area (Å²) in [5.41, 5.74) is 7.09. The summed E-state index contributed by atoms with van der Waals surface area (Å²) in [6.07, 6.45) is 3.13. The second-order valence-corrected chi connectivity index (χ2v) is 3.14. The van der Waals surface area contributed by atoms with E-state index >= 15 is 0 Å². The minimum Gasteiger partial charge on any atom is -0.454 e. The first-order valence-corrected chi connectivity index (χ1v) is 4.56. The van der Waals surface area contributed by atoms with Crippen LogP contribution in [0.3, 0.4) is 0 Å². The second kappa shape index (κ2) is 3.96. The van der Waals surface area contributed by atoms with Gasteiger partial charge in [-0.25, -0.2) is 9.97 Å². The minimum atomic E-state index is 0.655. The van der Waals surface area contributed by atoms with E-state index in [0.717, 1.165) is 11.4 Å². The first kappa shape index (κ1) is 9.45. The van der Waals surface area contributed by atoms with E-state index in [4.69, 9.17) is 10.5 Å². The highest BCUT2D eigenvalue weighted by molar-refractivity contribution is 5.43. The Bertz CT molecular complexity index is 454. The lowest BCUT2D eigenvalue weighted by atomic mass is 10.3. The molecule has 0 unspecified atom stereocenters. The predicted octanol–water partition coefficient (Wildman–Crippen LogP) is 2.16. The Kier molecular flexibility index (Phi) is 2.49. The van der Waals surface area contributed by atoms with Gasteiger partial charge in [-0.3, -0.25) is 0 Å².